The Kier molecular flexibility index (Phi) is 4.05. The van der Waals surface area contributed by atoms with Crippen LogP contribution in [0.15, 0.2) is 0 Å². The van der Waals surface area contributed by atoms with E-state index in [0.29, 0.717) is 18.8 Å². The van der Waals surface area contributed by atoms with Crippen molar-refractivity contribution in [2.75, 3.05) is 6.61 Å². The normalized spacial score (nSPS) is 33.1. The molecule has 1 heterocycles. The number of hydrogen-bond donors (Lipinski definition) is 1. The van der Waals surface area contributed by atoms with Gasteiger partial charge < -0.3 is 5.11 Å². The fraction of sp³-hybridized carbons (Fsp3) is 0.857. The highest BCUT2D eigenvalue weighted by molar-refractivity contribution is 6.05. The molecule has 1 N–H and O–H groups in total. The van der Waals surface area contributed by atoms with E-state index in [-0.39, 0.29) is 36.3 Å². The Hall–Kier alpha value is -0.900. The van der Waals surface area contributed by atoms with E-state index in [1.54, 1.807) is 0 Å². The highest BCUT2D eigenvalue weighted by Gasteiger charge is 2.53. The Morgan fingerprint density at radius 2 is 1.83 bits per heavy atom. The summed E-state index contributed by atoms with van der Waals surface area (Å²) < 4.78 is 0. The Morgan fingerprint density at radius 3 is 2.28 bits per heavy atom. The van der Waals surface area contributed by atoms with E-state index < -0.39 is 0 Å². The van der Waals surface area contributed by atoms with Gasteiger partial charge in [-0.1, -0.05) is 13.3 Å². The third-order valence-electron chi connectivity index (χ3n) is 4.57. The highest BCUT2D eigenvalue weighted by Crippen LogP contribution is 2.45. The van der Waals surface area contributed by atoms with Crippen LogP contribution < -0.4 is 0 Å². The van der Waals surface area contributed by atoms with Crippen LogP contribution in [-0.4, -0.2) is 34.5 Å². The van der Waals surface area contributed by atoms with Crippen molar-refractivity contribution >= 4 is 11.8 Å². The van der Waals surface area contributed by atoms with E-state index in [1.807, 2.05) is 6.92 Å². The number of aliphatic hydroxyl groups is 1. The van der Waals surface area contributed by atoms with Crippen LogP contribution >= 0.6 is 0 Å². The molecule has 0 aromatic carbocycles. The average molecular weight is 253 g/mol. The molecule has 4 nitrogen and oxygen atoms in total. The summed E-state index contributed by atoms with van der Waals surface area (Å²) in [6.07, 6.45) is 4.17. The maximum Gasteiger partial charge on any atom is 0.233 e. The van der Waals surface area contributed by atoms with E-state index in [1.165, 1.54) is 4.90 Å². The lowest BCUT2D eigenvalue weighted by Gasteiger charge is -2.24. The summed E-state index contributed by atoms with van der Waals surface area (Å²) in [5.74, 6) is 0.499. The summed E-state index contributed by atoms with van der Waals surface area (Å²) in [7, 11) is 0. The molecule has 1 aliphatic heterocycles. The zero-order valence-electron chi connectivity index (χ0n) is 11.3. The van der Waals surface area contributed by atoms with Crippen LogP contribution in [0, 0.1) is 17.8 Å². The Balaban J connectivity index is 2.04. The molecule has 102 valence electrons. The molecule has 2 aliphatic rings. The SMILES string of the molecule is CCC1CC2C(=O)N(C(C)CCCO)C(=O)C2C1. The molecule has 0 aromatic heterocycles. The number of nitrogens with zero attached hydrogens (tertiary/aromatic N) is 1. The molecule has 3 unspecified atom stereocenters. The van der Waals surface area contributed by atoms with Gasteiger partial charge in [0, 0.05) is 12.6 Å². The molecular weight excluding hydrogens is 230 g/mol. The molecule has 4 heteroatoms. The second-order valence-electron chi connectivity index (χ2n) is 5.72. The van der Waals surface area contributed by atoms with Gasteiger partial charge in [-0.2, -0.15) is 0 Å². The molecule has 1 aliphatic carbocycles. The molecule has 1 saturated carbocycles. The number of carbonyl (C=O) groups excluding carboxylic acids is 2. The van der Waals surface area contributed by atoms with Gasteiger partial charge in [0.15, 0.2) is 0 Å². The number of amides is 2. The minimum Gasteiger partial charge on any atom is -0.396 e. The molecule has 0 aromatic rings. The van der Waals surface area contributed by atoms with Crippen LogP contribution in [-0.2, 0) is 9.59 Å². The first kappa shape index (κ1) is 13.5. The van der Waals surface area contributed by atoms with Gasteiger partial charge in [-0.15, -0.1) is 0 Å². The quantitative estimate of drug-likeness (QED) is 0.757. The second-order valence-corrected chi connectivity index (χ2v) is 5.72. The lowest BCUT2D eigenvalue weighted by Crippen LogP contribution is -2.39. The summed E-state index contributed by atoms with van der Waals surface area (Å²) in [4.78, 5) is 26.1. The maximum atomic E-state index is 12.3. The highest BCUT2D eigenvalue weighted by atomic mass is 16.3. The van der Waals surface area contributed by atoms with Crippen LogP contribution in [0.25, 0.3) is 0 Å². The largest absolute Gasteiger partial charge is 0.396 e. The second kappa shape index (κ2) is 5.39. The van der Waals surface area contributed by atoms with Crippen LogP contribution in [0.4, 0.5) is 0 Å². The molecule has 3 atom stereocenters. The van der Waals surface area contributed by atoms with Crippen molar-refractivity contribution < 1.29 is 14.7 Å². The van der Waals surface area contributed by atoms with Crippen LogP contribution in [0.3, 0.4) is 0 Å². The van der Waals surface area contributed by atoms with Gasteiger partial charge >= 0.3 is 0 Å². The van der Waals surface area contributed by atoms with Gasteiger partial charge in [0.25, 0.3) is 0 Å². The number of aliphatic hydroxyl groups excluding tert-OH is 1. The monoisotopic (exact) mass is 253 g/mol. The van der Waals surface area contributed by atoms with E-state index in [9.17, 15) is 9.59 Å². The maximum absolute atomic E-state index is 12.3. The third-order valence-corrected chi connectivity index (χ3v) is 4.57. The Labute approximate surface area is 108 Å². The molecule has 18 heavy (non-hydrogen) atoms. The molecule has 0 radical (unpaired) electrons. The number of fused-ring (bicyclic) bond motifs is 1. The Bertz CT molecular complexity index is 318. The van der Waals surface area contributed by atoms with Gasteiger partial charge in [0.1, 0.15) is 0 Å². The molecular formula is C14H23NO3. The summed E-state index contributed by atoms with van der Waals surface area (Å²) in [5.41, 5.74) is 0. The van der Waals surface area contributed by atoms with Crippen molar-refractivity contribution in [2.24, 2.45) is 17.8 Å². The fourth-order valence-electron chi connectivity index (χ4n) is 3.44. The minimum atomic E-state index is -0.0668. The first-order chi connectivity index (χ1) is 8.60. The van der Waals surface area contributed by atoms with Gasteiger partial charge in [-0.05, 0) is 38.5 Å². The number of imide groups is 1. The topological polar surface area (TPSA) is 57.6 Å². The predicted molar refractivity (Wildman–Crippen MR) is 67.6 cm³/mol. The number of rotatable bonds is 5. The molecule has 2 amide bonds. The summed E-state index contributed by atoms with van der Waals surface area (Å²) in [6.45, 7) is 4.15. The van der Waals surface area contributed by atoms with Crippen molar-refractivity contribution in [1.82, 2.24) is 4.90 Å². The van der Waals surface area contributed by atoms with Crippen LogP contribution in [0.5, 0.6) is 0 Å². The third kappa shape index (κ3) is 2.18. The lowest BCUT2D eigenvalue weighted by atomic mass is 10.00. The standard InChI is InChI=1S/C14H23NO3/c1-3-10-7-11-12(8-10)14(18)15(13(11)17)9(2)5-4-6-16/h9-12,16H,3-8H2,1-2H3. The zero-order valence-corrected chi connectivity index (χ0v) is 11.3. The lowest BCUT2D eigenvalue weighted by molar-refractivity contribution is -0.143. The van der Waals surface area contributed by atoms with Gasteiger partial charge in [0.05, 0.1) is 11.8 Å². The summed E-state index contributed by atoms with van der Waals surface area (Å²) in [6, 6.07) is -0.0668. The Morgan fingerprint density at radius 1 is 1.28 bits per heavy atom. The first-order valence-corrected chi connectivity index (χ1v) is 7.07. The van der Waals surface area contributed by atoms with Crippen molar-refractivity contribution in [3.63, 3.8) is 0 Å². The van der Waals surface area contributed by atoms with E-state index in [4.69, 9.17) is 5.11 Å². The number of hydrogen-bond acceptors (Lipinski definition) is 3. The minimum absolute atomic E-state index is 0.0337. The van der Waals surface area contributed by atoms with Crippen LogP contribution in [0.2, 0.25) is 0 Å². The summed E-state index contributed by atoms with van der Waals surface area (Å²) >= 11 is 0. The average Bonchev–Trinajstić information content (AvgIpc) is 2.88. The molecule has 1 saturated heterocycles. The van der Waals surface area contributed by atoms with Gasteiger partial charge in [0.2, 0.25) is 11.8 Å². The molecule has 0 spiro atoms. The molecule has 0 bridgehead atoms. The molecule has 2 rings (SSSR count). The van der Waals surface area contributed by atoms with E-state index in [2.05, 4.69) is 6.92 Å². The van der Waals surface area contributed by atoms with Gasteiger partial charge in [-0.25, -0.2) is 0 Å². The predicted octanol–water partition coefficient (Wildman–Crippen LogP) is 1.57. The smallest absolute Gasteiger partial charge is 0.233 e. The van der Waals surface area contributed by atoms with E-state index in [0.717, 1.165) is 19.3 Å². The van der Waals surface area contributed by atoms with Crippen LogP contribution in [0.1, 0.15) is 46.0 Å². The van der Waals surface area contributed by atoms with E-state index >= 15 is 0 Å². The molecule has 2 fully saturated rings. The summed E-state index contributed by atoms with van der Waals surface area (Å²) in [5, 5.41) is 8.83. The van der Waals surface area contributed by atoms with Crippen molar-refractivity contribution in [3.05, 3.63) is 0 Å². The number of carbonyl (C=O) groups is 2. The van der Waals surface area contributed by atoms with Gasteiger partial charge in [-0.3, -0.25) is 14.5 Å². The first-order valence-electron chi connectivity index (χ1n) is 7.07. The fourth-order valence-corrected chi connectivity index (χ4v) is 3.44. The van der Waals surface area contributed by atoms with Crippen molar-refractivity contribution in [3.8, 4) is 0 Å². The zero-order chi connectivity index (χ0) is 13.3. The number of likely N-dealkylation sites (tertiary alicyclic amines) is 1. The van der Waals surface area contributed by atoms with Crippen molar-refractivity contribution in [1.29, 1.82) is 0 Å². The van der Waals surface area contributed by atoms with Crippen molar-refractivity contribution in [2.45, 2.75) is 52.0 Å².